The molecule has 0 aliphatic carbocycles. The van der Waals surface area contributed by atoms with Crippen molar-refractivity contribution in [3.05, 3.63) is 34.7 Å². The monoisotopic (exact) mass is 338 g/mol. The summed E-state index contributed by atoms with van der Waals surface area (Å²) in [6, 6.07) is 7.16. The number of nitrogens with one attached hydrogen (secondary N) is 2. The van der Waals surface area contributed by atoms with Crippen LogP contribution in [-0.4, -0.2) is 23.0 Å². The van der Waals surface area contributed by atoms with Gasteiger partial charge in [-0.1, -0.05) is 11.6 Å². The molecule has 0 saturated carbocycles. The minimum atomic E-state index is -0.482. The molecule has 1 amide bonds. The number of carbonyl (C=O) groups is 1. The van der Waals surface area contributed by atoms with Gasteiger partial charge in [-0.15, -0.1) is 0 Å². The van der Waals surface area contributed by atoms with Crippen molar-refractivity contribution < 1.29 is 18.7 Å². The van der Waals surface area contributed by atoms with Crippen LogP contribution < -0.4 is 20.4 Å². The number of anilines is 1. The molecule has 23 heavy (non-hydrogen) atoms. The zero-order chi connectivity index (χ0) is 16.8. The summed E-state index contributed by atoms with van der Waals surface area (Å²) >= 11 is 1.18. The molecule has 0 aliphatic rings. The Kier molecular flexibility index (Phi) is 5.86. The van der Waals surface area contributed by atoms with Crippen LogP contribution in [0, 0.1) is 0 Å². The number of rotatable bonds is 7. The van der Waals surface area contributed by atoms with Gasteiger partial charge >= 0.3 is 10.7 Å². The van der Waals surface area contributed by atoms with Gasteiger partial charge in [0.25, 0.3) is 0 Å². The smallest absolute Gasteiger partial charge is 0.441 e. The van der Waals surface area contributed by atoms with Crippen LogP contribution in [0.25, 0.3) is 0 Å². The number of aromatic amines is 1. The van der Waals surface area contributed by atoms with Crippen molar-refractivity contribution in [3.63, 3.8) is 0 Å². The zero-order valence-corrected chi connectivity index (χ0v) is 14.1. The number of H-pyrrole nitrogens is 1. The molecule has 0 radical (unpaired) electrons. The molecule has 8 heteroatoms. The molecule has 2 N–H and O–H groups in total. The van der Waals surface area contributed by atoms with E-state index in [1.807, 2.05) is 13.8 Å². The third kappa shape index (κ3) is 4.38. The molecule has 1 heterocycles. The third-order valence-corrected chi connectivity index (χ3v) is 4.60. The molecule has 0 fully saturated rings. The molecular weight excluding hydrogens is 318 g/mol. The van der Waals surface area contributed by atoms with Gasteiger partial charge in [-0.25, -0.2) is 4.79 Å². The molecule has 1 aromatic carbocycles. The van der Waals surface area contributed by atoms with Crippen LogP contribution in [0.15, 0.2) is 38.6 Å². The van der Waals surface area contributed by atoms with Crippen molar-refractivity contribution in [1.82, 2.24) is 5.27 Å². The summed E-state index contributed by atoms with van der Waals surface area (Å²) in [5.41, 5.74) is 0.202. The average molecular weight is 338 g/mol. The lowest BCUT2D eigenvalue weighted by Crippen LogP contribution is -2.35. The first-order chi connectivity index (χ1) is 11.0. The van der Waals surface area contributed by atoms with E-state index in [4.69, 9.17) is 9.26 Å². The second kappa shape index (κ2) is 7.87. The summed E-state index contributed by atoms with van der Waals surface area (Å²) in [4.78, 5) is 24.0. The number of aryl methyl sites for hydroxylation is 1. The largest absolute Gasteiger partial charge is 0.494 e. The van der Waals surface area contributed by atoms with E-state index in [9.17, 15) is 9.59 Å². The predicted octanol–water partition coefficient (Wildman–Crippen LogP) is 1.70. The van der Waals surface area contributed by atoms with Gasteiger partial charge in [-0.3, -0.25) is 9.32 Å². The molecule has 1 aromatic heterocycles. The zero-order valence-electron chi connectivity index (χ0n) is 13.3. The van der Waals surface area contributed by atoms with Gasteiger partial charge in [0.2, 0.25) is 5.91 Å². The molecule has 2 rings (SSSR count). The van der Waals surface area contributed by atoms with Gasteiger partial charge in [-0.05, 0) is 54.6 Å². The Morgan fingerprint density at radius 3 is 2.61 bits per heavy atom. The molecule has 0 spiro atoms. The quantitative estimate of drug-likeness (QED) is 0.592. The van der Waals surface area contributed by atoms with Gasteiger partial charge < -0.3 is 10.1 Å². The van der Waals surface area contributed by atoms with E-state index in [0.717, 1.165) is 5.75 Å². The first kappa shape index (κ1) is 17.1. The lowest BCUT2D eigenvalue weighted by atomic mass is 10.2. The van der Waals surface area contributed by atoms with E-state index in [2.05, 4.69) is 10.6 Å². The van der Waals surface area contributed by atoms with Crippen LogP contribution in [0.4, 0.5) is 5.69 Å². The van der Waals surface area contributed by atoms with Crippen LogP contribution in [0.1, 0.15) is 20.3 Å². The number of amides is 1. The van der Waals surface area contributed by atoms with Crippen molar-refractivity contribution in [2.75, 3.05) is 11.9 Å². The first-order valence-corrected chi connectivity index (χ1v) is 8.21. The molecule has 0 aliphatic heterocycles. The van der Waals surface area contributed by atoms with Gasteiger partial charge in [0.1, 0.15) is 5.75 Å². The van der Waals surface area contributed by atoms with E-state index in [-0.39, 0.29) is 5.91 Å². The Morgan fingerprint density at radius 2 is 2.09 bits per heavy atom. The van der Waals surface area contributed by atoms with Crippen LogP contribution in [0.2, 0.25) is 0 Å². The summed E-state index contributed by atoms with van der Waals surface area (Å²) in [5.74, 6) is 0.589. The highest BCUT2D eigenvalue weighted by molar-refractivity contribution is 8.00. The Labute approximate surface area is 138 Å². The maximum absolute atomic E-state index is 12.4. The van der Waals surface area contributed by atoms with Crippen molar-refractivity contribution in [3.8, 4) is 5.75 Å². The molecule has 124 valence electrons. The Bertz CT molecular complexity index is 708. The number of hydrogen-bond acceptors (Lipinski definition) is 5. The molecule has 2 aromatic rings. The average Bonchev–Trinajstić information content (AvgIpc) is 2.86. The highest BCUT2D eigenvalue weighted by atomic mass is 32.2. The lowest BCUT2D eigenvalue weighted by Gasteiger charge is -2.12. The maximum Gasteiger partial charge on any atom is 0.441 e. The number of aromatic nitrogens is 2. The fourth-order valence-corrected chi connectivity index (χ4v) is 2.88. The predicted molar refractivity (Wildman–Crippen MR) is 86.7 cm³/mol. The van der Waals surface area contributed by atoms with Gasteiger partial charge in [0, 0.05) is 5.69 Å². The second-order valence-electron chi connectivity index (χ2n) is 4.81. The molecular formula is C15H20N3O4S+. The van der Waals surface area contributed by atoms with E-state index in [0.29, 0.717) is 23.7 Å². The number of hydrogen-bond donors (Lipinski definition) is 2. The van der Waals surface area contributed by atoms with E-state index < -0.39 is 10.9 Å². The minimum absolute atomic E-state index is 0.165. The normalized spacial score (nSPS) is 12.0. The highest BCUT2D eigenvalue weighted by Gasteiger charge is 2.27. The minimum Gasteiger partial charge on any atom is -0.494 e. The van der Waals surface area contributed by atoms with E-state index in [1.165, 1.54) is 16.4 Å². The van der Waals surface area contributed by atoms with E-state index in [1.54, 1.807) is 31.3 Å². The first-order valence-electron chi connectivity index (χ1n) is 7.33. The van der Waals surface area contributed by atoms with Crippen LogP contribution in [0.3, 0.4) is 0 Å². The van der Waals surface area contributed by atoms with Gasteiger partial charge in [0.15, 0.2) is 7.05 Å². The SMILES string of the molecule is CCOc1ccc(NC(=O)C(CC)Sc2c(=O)o[nH][n+]2C)cc1. The van der Waals surface area contributed by atoms with Crippen molar-refractivity contribution >= 4 is 23.4 Å². The van der Waals surface area contributed by atoms with Gasteiger partial charge in [-0.2, -0.15) is 0 Å². The lowest BCUT2D eigenvalue weighted by molar-refractivity contribution is -0.772. The summed E-state index contributed by atoms with van der Waals surface area (Å²) in [5, 5.41) is 5.25. The van der Waals surface area contributed by atoms with Crippen LogP contribution in [-0.2, 0) is 11.8 Å². The molecule has 0 bridgehead atoms. The fraction of sp³-hybridized carbons (Fsp3) is 0.400. The van der Waals surface area contributed by atoms with Crippen molar-refractivity contribution in [2.45, 2.75) is 30.5 Å². The Hall–Kier alpha value is -2.22. The van der Waals surface area contributed by atoms with E-state index >= 15 is 0 Å². The number of carbonyl (C=O) groups excluding carboxylic acids is 1. The van der Waals surface area contributed by atoms with Crippen molar-refractivity contribution in [2.24, 2.45) is 7.05 Å². The number of thioether (sulfide) groups is 1. The molecule has 1 unspecified atom stereocenters. The second-order valence-corrected chi connectivity index (χ2v) is 6.00. The maximum atomic E-state index is 12.4. The number of ether oxygens (including phenoxy) is 1. The van der Waals surface area contributed by atoms with Crippen molar-refractivity contribution in [1.29, 1.82) is 0 Å². The standard InChI is InChI=1S/C15H19N3O4S/c1-4-12(23-14-15(20)22-17-18(14)3)13(19)16-10-6-8-11(9-7-10)21-5-2/h6-9,12H,4-5H2,1-3H3,(H-,16,17,19,20)/p+1. The summed E-state index contributed by atoms with van der Waals surface area (Å²) in [6.45, 7) is 4.40. The van der Waals surface area contributed by atoms with Crippen LogP contribution >= 0.6 is 11.8 Å². The Morgan fingerprint density at radius 1 is 1.39 bits per heavy atom. The Balaban J connectivity index is 2.03. The van der Waals surface area contributed by atoms with Crippen LogP contribution in [0.5, 0.6) is 5.75 Å². The van der Waals surface area contributed by atoms with Gasteiger partial charge in [0.05, 0.1) is 11.9 Å². The number of nitrogens with zero attached hydrogens (tertiary/aromatic N) is 1. The number of benzene rings is 1. The summed E-state index contributed by atoms with van der Waals surface area (Å²) < 4.78 is 11.5. The molecule has 7 nitrogen and oxygen atoms in total. The topological polar surface area (TPSA) is 88.2 Å². The molecule has 0 saturated heterocycles. The summed E-state index contributed by atoms with van der Waals surface area (Å²) in [7, 11) is 1.66. The third-order valence-electron chi connectivity index (χ3n) is 3.10. The highest BCUT2D eigenvalue weighted by Crippen LogP contribution is 2.22. The fourth-order valence-electron chi connectivity index (χ4n) is 1.94. The summed E-state index contributed by atoms with van der Waals surface area (Å²) in [6.07, 6.45) is 0.581. The molecule has 1 atom stereocenters.